The van der Waals surface area contributed by atoms with Crippen molar-refractivity contribution >= 4 is 16.9 Å². The molecule has 2 heterocycles. The van der Waals surface area contributed by atoms with Gasteiger partial charge in [0.25, 0.3) is 0 Å². The third kappa shape index (κ3) is 5.14. The molecule has 3 aromatic carbocycles. The van der Waals surface area contributed by atoms with Gasteiger partial charge in [-0.1, -0.05) is 19.4 Å². The number of esters is 1. The molecule has 0 spiro atoms. The predicted octanol–water partition coefficient (Wildman–Crippen LogP) is 5.82. The number of benzene rings is 3. The minimum atomic E-state index is -0.623. The Kier molecular flexibility index (Phi) is 7.82. The van der Waals surface area contributed by atoms with Crippen LogP contribution in [0.2, 0.25) is 0 Å². The Morgan fingerprint density at radius 1 is 0.875 bits per heavy atom. The number of rotatable bonds is 8. The first-order valence-corrected chi connectivity index (χ1v) is 13.0. The molecule has 9 nitrogen and oxygen atoms in total. The summed E-state index contributed by atoms with van der Waals surface area (Å²) in [5.41, 5.74) is 2.08. The van der Waals surface area contributed by atoms with E-state index in [1.165, 1.54) is 39.7 Å². The average molecular weight is 547 g/mol. The van der Waals surface area contributed by atoms with E-state index in [4.69, 9.17) is 32.8 Å². The molecule has 4 aromatic rings. The number of aryl methyl sites for hydroxylation is 1. The van der Waals surface area contributed by atoms with Crippen molar-refractivity contribution < 1.29 is 37.6 Å². The number of methoxy groups -OCH3 is 3. The Labute approximate surface area is 231 Å². The summed E-state index contributed by atoms with van der Waals surface area (Å²) in [5, 5.41) is 0.389. The molecule has 5 rings (SSSR count). The van der Waals surface area contributed by atoms with Gasteiger partial charge in [-0.15, -0.1) is 0 Å². The second-order valence-electron chi connectivity index (χ2n) is 9.20. The van der Waals surface area contributed by atoms with Gasteiger partial charge in [-0.25, -0.2) is 4.79 Å². The van der Waals surface area contributed by atoms with Crippen LogP contribution in [0.4, 0.5) is 0 Å². The van der Waals surface area contributed by atoms with Gasteiger partial charge >= 0.3 is 5.97 Å². The highest BCUT2D eigenvalue weighted by atomic mass is 16.5. The molecule has 208 valence electrons. The second-order valence-corrected chi connectivity index (χ2v) is 9.20. The van der Waals surface area contributed by atoms with Gasteiger partial charge in [-0.3, -0.25) is 4.79 Å². The fourth-order valence-electron chi connectivity index (χ4n) is 4.65. The van der Waals surface area contributed by atoms with E-state index in [-0.39, 0.29) is 11.0 Å². The summed E-state index contributed by atoms with van der Waals surface area (Å²) in [7, 11) is 4.42. The highest BCUT2D eigenvalue weighted by Crippen LogP contribution is 2.39. The minimum Gasteiger partial charge on any atom is -0.493 e. The van der Waals surface area contributed by atoms with Gasteiger partial charge in [0.05, 0.1) is 51.1 Å². The highest BCUT2D eigenvalue weighted by molar-refractivity contribution is 5.94. The fraction of sp³-hybridized carbons (Fsp3) is 0.290. The molecule has 0 fully saturated rings. The summed E-state index contributed by atoms with van der Waals surface area (Å²) < 4.78 is 39.3. The Morgan fingerprint density at radius 2 is 1.60 bits per heavy atom. The molecular weight excluding hydrogens is 516 g/mol. The maximum atomic E-state index is 13.6. The molecule has 1 aliphatic heterocycles. The van der Waals surface area contributed by atoms with E-state index in [2.05, 4.69) is 0 Å². The van der Waals surface area contributed by atoms with Gasteiger partial charge in [0.15, 0.2) is 23.0 Å². The topological polar surface area (TPSA) is 103 Å². The molecule has 0 amide bonds. The standard InChI is InChI=1S/C31H30O9/c1-5-7-19-12-21-25(16-24(19)40-31(33)20-14-27(34-2)30(36-4)28(15-20)35-3)39-17-22(29(21)32)18-8-9-23-26(13-18)38-11-6-10-37-23/h8-9,12-17H,5-7,10-11H2,1-4H3. The van der Waals surface area contributed by atoms with E-state index in [1.807, 2.05) is 13.0 Å². The maximum absolute atomic E-state index is 13.6. The Morgan fingerprint density at radius 3 is 2.27 bits per heavy atom. The summed E-state index contributed by atoms with van der Waals surface area (Å²) >= 11 is 0. The van der Waals surface area contributed by atoms with Crippen LogP contribution in [0, 0.1) is 0 Å². The maximum Gasteiger partial charge on any atom is 0.343 e. The molecule has 1 aliphatic rings. The number of hydrogen-bond donors (Lipinski definition) is 0. The number of ether oxygens (including phenoxy) is 6. The van der Waals surface area contributed by atoms with Gasteiger partial charge in [-0.2, -0.15) is 0 Å². The Bertz CT molecular complexity index is 1590. The number of fused-ring (bicyclic) bond motifs is 2. The lowest BCUT2D eigenvalue weighted by molar-refractivity contribution is 0.0732. The van der Waals surface area contributed by atoms with Gasteiger partial charge in [0.1, 0.15) is 17.6 Å². The molecular formula is C31H30O9. The molecule has 0 aliphatic carbocycles. The van der Waals surface area contributed by atoms with Gasteiger partial charge < -0.3 is 32.8 Å². The van der Waals surface area contributed by atoms with Crippen molar-refractivity contribution in [2.45, 2.75) is 26.2 Å². The Hall–Kier alpha value is -4.66. The summed E-state index contributed by atoms with van der Waals surface area (Å²) in [5.74, 6) is 1.95. The first kappa shape index (κ1) is 26.9. The lowest BCUT2D eigenvalue weighted by Crippen LogP contribution is -2.12. The van der Waals surface area contributed by atoms with E-state index in [9.17, 15) is 9.59 Å². The van der Waals surface area contributed by atoms with Crippen LogP contribution in [0.3, 0.4) is 0 Å². The Balaban J connectivity index is 1.52. The highest BCUT2D eigenvalue weighted by Gasteiger charge is 2.21. The molecule has 9 heteroatoms. The van der Waals surface area contributed by atoms with Crippen LogP contribution in [-0.4, -0.2) is 40.5 Å². The van der Waals surface area contributed by atoms with Crippen LogP contribution < -0.4 is 33.8 Å². The third-order valence-electron chi connectivity index (χ3n) is 6.64. The number of hydrogen-bond acceptors (Lipinski definition) is 9. The van der Waals surface area contributed by atoms with Crippen LogP contribution in [0.25, 0.3) is 22.1 Å². The molecule has 0 saturated carbocycles. The molecule has 0 unspecified atom stereocenters. The fourth-order valence-corrected chi connectivity index (χ4v) is 4.65. The van der Waals surface area contributed by atoms with Gasteiger partial charge in [-0.05, 0) is 47.9 Å². The predicted molar refractivity (Wildman–Crippen MR) is 149 cm³/mol. The molecule has 0 N–H and O–H groups in total. The van der Waals surface area contributed by atoms with Crippen LogP contribution in [0.1, 0.15) is 35.7 Å². The number of carbonyl (C=O) groups excluding carboxylic acids is 1. The third-order valence-corrected chi connectivity index (χ3v) is 6.64. The van der Waals surface area contributed by atoms with Gasteiger partial charge in [0.2, 0.25) is 11.2 Å². The average Bonchev–Trinajstić information content (AvgIpc) is 3.22. The summed E-state index contributed by atoms with van der Waals surface area (Å²) in [4.78, 5) is 26.8. The summed E-state index contributed by atoms with van der Waals surface area (Å²) in [6.07, 6.45) is 3.55. The lowest BCUT2D eigenvalue weighted by atomic mass is 10.0. The van der Waals surface area contributed by atoms with Crippen molar-refractivity contribution in [3.8, 4) is 45.6 Å². The zero-order chi connectivity index (χ0) is 28.2. The molecule has 1 aromatic heterocycles. The van der Waals surface area contributed by atoms with E-state index < -0.39 is 5.97 Å². The monoisotopic (exact) mass is 546 g/mol. The smallest absolute Gasteiger partial charge is 0.343 e. The quantitative estimate of drug-likeness (QED) is 0.200. The van der Waals surface area contributed by atoms with Gasteiger partial charge in [0, 0.05) is 12.5 Å². The molecule has 0 radical (unpaired) electrons. The zero-order valence-corrected chi connectivity index (χ0v) is 22.8. The first-order valence-electron chi connectivity index (χ1n) is 13.0. The normalized spacial score (nSPS) is 12.5. The molecule has 0 bridgehead atoms. The van der Waals surface area contributed by atoms with Crippen LogP contribution in [-0.2, 0) is 6.42 Å². The molecule has 40 heavy (non-hydrogen) atoms. The van der Waals surface area contributed by atoms with E-state index in [0.717, 1.165) is 12.8 Å². The van der Waals surface area contributed by atoms with Crippen LogP contribution in [0.5, 0.6) is 34.5 Å². The van der Waals surface area contributed by atoms with Crippen LogP contribution >= 0.6 is 0 Å². The van der Waals surface area contributed by atoms with Crippen molar-refractivity contribution in [3.63, 3.8) is 0 Å². The van der Waals surface area contributed by atoms with Crippen molar-refractivity contribution in [1.82, 2.24) is 0 Å². The van der Waals surface area contributed by atoms with Crippen molar-refractivity contribution in [3.05, 3.63) is 70.1 Å². The second kappa shape index (κ2) is 11.6. The molecule has 0 saturated heterocycles. The van der Waals surface area contributed by atoms with Crippen LogP contribution in [0.15, 0.2) is 57.9 Å². The van der Waals surface area contributed by atoms with E-state index in [1.54, 1.807) is 24.3 Å². The largest absolute Gasteiger partial charge is 0.493 e. The van der Waals surface area contributed by atoms with Crippen molar-refractivity contribution in [2.24, 2.45) is 0 Å². The first-order chi connectivity index (χ1) is 19.5. The summed E-state index contributed by atoms with van der Waals surface area (Å²) in [6.45, 7) is 3.13. The summed E-state index contributed by atoms with van der Waals surface area (Å²) in [6, 6.07) is 11.8. The zero-order valence-electron chi connectivity index (χ0n) is 22.8. The van der Waals surface area contributed by atoms with Crippen molar-refractivity contribution in [2.75, 3.05) is 34.5 Å². The lowest BCUT2D eigenvalue weighted by Gasteiger charge is -2.15. The molecule has 0 atom stereocenters. The SMILES string of the molecule is CCCc1cc2c(=O)c(-c3ccc4c(c3)OCCCO4)coc2cc1OC(=O)c1cc(OC)c(OC)c(OC)c1. The number of carbonyl (C=O) groups is 1. The van der Waals surface area contributed by atoms with E-state index in [0.29, 0.717) is 81.8 Å². The van der Waals surface area contributed by atoms with E-state index >= 15 is 0 Å². The minimum absolute atomic E-state index is 0.199. The van der Waals surface area contributed by atoms with Crippen molar-refractivity contribution in [1.29, 1.82) is 0 Å².